The number of rotatable bonds is 7. The minimum atomic E-state index is 0. The zero-order chi connectivity index (χ0) is 49.5. The molecule has 6 heteroatoms. The van der Waals surface area contributed by atoms with Crippen LogP contribution in [0.1, 0.15) is 145 Å². The molecule has 0 spiro atoms. The molecule has 14 rings (SSSR count). The quantitative estimate of drug-likeness (QED) is 0.143. The maximum atomic E-state index is 4.91. The Hall–Kier alpha value is -4.55. The smallest absolute Gasteiger partial charge is 0.0541 e. The Labute approximate surface area is 462 Å². The van der Waals surface area contributed by atoms with Crippen molar-refractivity contribution < 1.29 is 20.1 Å². The van der Waals surface area contributed by atoms with Crippen LogP contribution in [0.3, 0.4) is 0 Å². The van der Waals surface area contributed by atoms with Gasteiger partial charge in [0.05, 0.1) is 22.1 Å². The van der Waals surface area contributed by atoms with E-state index in [1.165, 1.54) is 188 Å². The van der Waals surface area contributed by atoms with Crippen LogP contribution < -0.4 is 0 Å². The molecule has 75 heavy (non-hydrogen) atoms. The van der Waals surface area contributed by atoms with Gasteiger partial charge in [-0.1, -0.05) is 200 Å². The van der Waals surface area contributed by atoms with E-state index in [9.17, 15) is 0 Å². The number of fused-ring (bicyclic) bond motifs is 6. The van der Waals surface area contributed by atoms with Crippen molar-refractivity contribution in [3.8, 4) is 11.4 Å². The molecule has 395 valence electrons. The van der Waals surface area contributed by atoms with Gasteiger partial charge in [0.25, 0.3) is 0 Å². The molecule has 8 atom stereocenters. The Bertz CT molecular complexity index is 2710. The molecule has 0 N–H and O–H groups in total. The fourth-order valence-electron chi connectivity index (χ4n) is 14.2. The van der Waals surface area contributed by atoms with Crippen LogP contribution in [0, 0.1) is 37.0 Å². The third kappa shape index (κ3) is 11.8. The zero-order valence-electron chi connectivity index (χ0n) is 44.3. The summed E-state index contributed by atoms with van der Waals surface area (Å²) in [4.78, 5) is 0. The largest absolute Gasteiger partial charge is 0.661 e. The molecule has 3 aliphatic heterocycles. The summed E-state index contributed by atoms with van der Waals surface area (Å²) < 4.78 is 4.81. The van der Waals surface area contributed by atoms with Crippen molar-refractivity contribution in [2.45, 2.75) is 152 Å². The zero-order valence-corrected chi connectivity index (χ0v) is 46.7. The van der Waals surface area contributed by atoms with Gasteiger partial charge in [0.2, 0.25) is 0 Å². The summed E-state index contributed by atoms with van der Waals surface area (Å²) in [5.74, 6) is 3.60. The van der Waals surface area contributed by atoms with Gasteiger partial charge in [-0.2, -0.15) is 55.1 Å². The second-order valence-electron chi connectivity index (χ2n) is 22.8. The Morgan fingerprint density at radius 3 is 0.987 bits per heavy atom. The molecule has 8 unspecified atom stereocenters. The van der Waals surface area contributed by atoms with E-state index in [-0.39, 0.29) is 20.1 Å². The van der Waals surface area contributed by atoms with Gasteiger partial charge in [-0.15, -0.1) is 19.6 Å². The van der Waals surface area contributed by atoms with Gasteiger partial charge in [0.1, 0.15) is 0 Å². The first kappa shape index (κ1) is 52.5. The van der Waals surface area contributed by atoms with Crippen LogP contribution in [-0.2, 0) is 20.1 Å². The summed E-state index contributed by atoms with van der Waals surface area (Å²) in [6, 6.07) is 55.6. The molecular formula is C69H79IrN5-6. The fraction of sp³-hybridized carbons (Fsp3) is 0.435. The van der Waals surface area contributed by atoms with Crippen molar-refractivity contribution in [2.75, 3.05) is 19.6 Å². The molecule has 6 fully saturated rings. The van der Waals surface area contributed by atoms with Gasteiger partial charge in [0.15, 0.2) is 0 Å². The molecule has 2 aromatic heterocycles. The molecule has 8 aromatic rings. The molecule has 5 heterocycles. The average Bonchev–Trinajstić information content (AvgIpc) is 4.04. The number of hydrogen-bond donors (Lipinski definition) is 0. The normalized spacial score (nSPS) is 26.4. The van der Waals surface area contributed by atoms with Gasteiger partial charge in [-0.25, -0.2) is 0 Å². The second-order valence-corrected chi connectivity index (χ2v) is 22.8. The van der Waals surface area contributed by atoms with Crippen molar-refractivity contribution in [3.05, 3.63) is 192 Å². The van der Waals surface area contributed by atoms with Crippen LogP contribution >= 0.6 is 0 Å². The SMILES string of the molecule is [CH-]1CCCCC1C1CCCC[N-]1.[Ir].c1ccc2c(c1)c1ccccc1n2-c1ccc(C2C[CH-]C(C3CCCC[N-]3)CC2)cc1.c1ccc2c(c1)c1ccccc1n2-c1ccc(C2C[CH-]C(C3CCCC[N-]3)CC2)cc1. The van der Waals surface area contributed by atoms with Crippen LogP contribution in [0.25, 0.3) is 70.9 Å². The molecule has 0 amide bonds. The monoisotopic (exact) mass is 1170 g/mol. The summed E-state index contributed by atoms with van der Waals surface area (Å²) >= 11 is 0. The molecule has 6 aromatic carbocycles. The Morgan fingerprint density at radius 1 is 0.333 bits per heavy atom. The van der Waals surface area contributed by atoms with E-state index in [1.807, 2.05) is 0 Å². The minimum Gasteiger partial charge on any atom is -0.661 e. The van der Waals surface area contributed by atoms with Crippen molar-refractivity contribution in [1.82, 2.24) is 9.13 Å². The third-order valence-corrected chi connectivity index (χ3v) is 18.3. The number of nitrogens with zero attached hydrogens (tertiary/aromatic N) is 5. The molecule has 3 saturated carbocycles. The number of para-hydroxylation sites is 4. The number of piperidine rings is 3. The third-order valence-electron chi connectivity index (χ3n) is 18.3. The molecule has 6 aliphatic rings. The van der Waals surface area contributed by atoms with E-state index in [4.69, 9.17) is 16.0 Å². The van der Waals surface area contributed by atoms with Gasteiger partial charge < -0.3 is 44.3 Å². The summed E-state index contributed by atoms with van der Waals surface area (Å²) in [6.07, 6.45) is 33.0. The predicted octanol–water partition coefficient (Wildman–Crippen LogP) is 18.9. The van der Waals surface area contributed by atoms with E-state index in [0.29, 0.717) is 41.8 Å². The Morgan fingerprint density at radius 2 is 0.680 bits per heavy atom. The average molecular weight is 1170 g/mol. The van der Waals surface area contributed by atoms with Gasteiger partial charge in [-0.05, 0) is 71.5 Å². The maximum Gasteiger partial charge on any atom is 0.0541 e. The van der Waals surface area contributed by atoms with Crippen LogP contribution in [0.2, 0.25) is 0 Å². The topological polar surface area (TPSA) is 52.2 Å². The molecule has 5 nitrogen and oxygen atoms in total. The van der Waals surface area contributed by atoms with E-state index in [1.54, 1.807) is 0 Å². The molecular weight excluding hydrogens is 1090 g/mol. The van der Waals surface area contributed by atoms with E-state index in [0.717, 1.165) is 25.6 Å². The number of aromatic nitrogens is 2. The van der Waals surface area contributed by atoms with Gasteiger partial charge in [0, 0.05) is 53.0 Å². The van der Waals surface area contributed by atoms with Crippen LogP contribution in [0.5, 0.6) is 0 Å². The Balaban J connectivity index is 0.000000131. The molecule has 1 radical (unpaired) electrons. The first-order valence-electron chi connectivity index (χ1n) is 29.4. The second kappa shape index (κ2) is 25.3. The summed E-state index contributed by atoms with van der Waals surface area (Å²) in [6.45, 7) is 3.31. The molecule has 3 saturated heterocycles. The minimum absolute atomic E-state index is 0. The maximum absolute atomic E-state index is 4.91. The van der Waals surface area contributed by atoms with Crippen LogP contribution in [0.4, 0.5) is 0 Å². The van der Waals surface area contributed by atoms with E-state index >= 15 is 0 Å². The predicted molar refractivity (Wildman–Crippen MR) is 314 cm³/mol. The van der Waals surface area contributed by atoms with Gasteiger partial charge in [-0.3, -0.25) is 0 Å². The fourth-order valence-corrected chi connectivity index (χ4v) is 14.2. The van der Waals surface area contributed by atoms with E-state index < -0.39 is 0 Å². The van der Waals surface area contributed by atoms with Crippen molar-refractivity contribution in [3.63, 3.8) is 0 Å². The van der Waals surface area contributed by atoms with Crippen LogP contribution in [-0.4, -0.2) is 46.9 Å². The first-order chi connectivity index (χ1) is 36.7. The molecule has 0 bridgehead atoms. The van der Waals surface area contributed by atoms with E-state index in [2.05, 4.69) is 174 Å². The summed E-state index contributed by atoms with van der Waals surface area (Å²) in [5, 5.41) is 19.8. The number of benzene rings is 6. The van der Waals surface area contributed by atoms with Crippen molar-refractivity contribution in [1.29, 1.82) is 0 Å². The molecule has 3 aliphatic carbocycles. The standard InChI is InChI=1S/2C29H30N2.C11H19N.Ir/c2*1-3-10-28-25(7-1)26-8-2-4-11-29(26)31(28)24-18-16-22(17-19-24)21-12-14-23(15-13-21)27-9-5-6-20-30-27;1-2-6-10(7-3-1)11-8-4-5-9-12-11;/h2*1-4,7-8,10-11,14,16-19,21,23,27H,5-6,9,12-13,15,20H2;6,10-11H,1-5,7-9H2;/q3*-2;. The van der Waals surface area contributed by atoms with Gasteiger partial charge >= 0.3 is 0 Å². The number of hydrogen-bond acceptors (Lipinski definition) is 0. The first-order valence-corrected chi connectivity index (χ1v) is 29.4. The van der Waals surface area contributed by atoms with Crippen molar-refractivity contribution >= 4 is 43.6 Å². The van der Waals surface area contributed by atoms with Crippen molar-refractivity contribution in [2.24, 2.45) is 17.8 Å². The summed E-state index contributed by atoms with van der Waals surface area (Å²) in [7, 11) is 0. The summed E-state index contributed by atoms with van der Waals surface area (Å²) in [5.41, 5.74) is 10.6. The van der Waals surface area contributed by atoms with Crippen LogP contribution in [0.15, 0.2) is 146 Å². The Kier molecular flexibility index (Phi) is 17.7.